The number of nitrogens with zero attached hydrogens (tertiary/aromatic N) is 2. The first-order valence-corrected chi connectivity index (χ1v) is 4.37. The van der Waals surface area contributed by atoms with Crippen LogP contribution in [0.3, 0.4) is 0 Å². The smallest absolute Gasteiger partial charge is 0.319 e. The van der Waals surface area contributed by atoms with Gasteiger partial charge in [-0.05, 0) is 15.9 Å². The van der Waals surface area contributed by atoms with Gasteiger partial charge in [-0.3, -0.25) is 0 Å². The minimum Gasteiger partial charge on any atom is -0.480 e. The summed E-state index contributed by atoms with van der Waals surface area (Å²) in [6.07, 6.45) is 1.53. The Morgan fingerprint density at radius 2 is 2.38 bits per heavy atom. The molecule has 0 radical (unpaired) electrons. The molecule has 0 aromatic carbocycles. The third kappa shape index (κ3) is 2.82. The van der Waals surface area contributed by atoms with Gasteiger partial charge in [0.15, 0.2) is 0 Å². The maximum Gasteiger partial charge on any atom is 0.319 e. The monoisotopic (exact) mass is 248 g/mol. The minimum atomic E-state index is -0.0677. The second kappa shape index (κ2) is 4.98. The highest BCUT2D eigenvalue weighted by Gasteiger charge is 2.04. The van der Waals surface area contributed by atoms with Crippen LogP contribution in [0.5, 0.6) is 11.9 Å². The summed E-state index contributed by atoms with van der Waals surface area (Å²) in [6, 6.07) is 0.189. The van der Waals surface area contributed by atoms with Crippen molar-refractivity contribution in [2.24, 2.45) is 0 Å². The quantitative estimate of drug-likeness (QED) is 0.847. The number of halogens is 1. The Labute approximate surface area is 83.9 Å². The van der Waals surface area contributed by atoms with Gasteiger partial charge in [0.2, 0.25) is 5.88 Å². The molecule has 0 bridgehead atoms. The van der Waals surface area contributed by atoms with Crippen LogP contribution in [0.2, 0.25) is 0 Å². The summed E-state index contributed by atoms with van der Waals surface area (Å²) in [4.78, 5) is 7.77. The topological polar surface area (TPSA) is 64.5 Å². The van der Waals surface area contributed by atoms with Gasteiger partial charge in [-0.25, -0.2) is 4.98 Å². The average Bonchev–Trinajstić information content (AvgIpc) is 2.16. The lowest BCUT2D eigenvalue weighted by Crippen LogP contribution is -2.05. The van der Waals surface area contributed by atoms with Crippen LogP contribution in [0, 0.1) is 0 Å². The van der Waals surface area contributed by atoms with E-state index in [1.807, 2.05) is 0 Å². The summed E-state index contributed by atoms with van der Waals surface area (Å²) in [6.45, 7) is 0.104. The van der Waals surface area contributed by atoms with E-state index in [0.29, 0.717) is 10.4 Å². The summed E-state index contributed by atoms with van der Waals surface area (Å²) < 4.78 is 10.6. The van der Waals surface area contributed by atoms with Crippen LogP contribution in [-0.2, 0) is 0 Å². The lowest BCUT2D eigenvalue weighted by atomic mass is 10.6. The first kappa shape index (κ1) is 10.2. The van der Waals surface area contributed by atoms with E-state index in [4.69, 9.17) is 14.6 Å². The fraction of sp³-hybridized carbons (Fsp3) is 0.429. The highest BCUT2D eigenvalue weighted by atomic mass is 79.9. The Morgan fingerprint density at radius 3 is 3.00 bits per heavy atom. The molecule has 1 heterocycles. The van der Waals surface area contributed by atoms with Gasteiger partial charge in [0.1, 0.15) is 6.61 Å². The lowest BCUT2D eigenvalue weighted by Gasteiger charge is -2.04. The van der Waals surface area contributed by atoms with Crippen molar-refractivity contribution in [3.63, 3.8) is 0 Å². The Morgan fingerprint density at radius 1 is 1.62 bits per heavy atom. The molecule has 0 fully saturated rings. The number of hydrogen-bond acceptors (Lipinski definition) is 5. The molecule has 13 heavy (non-hydrogen) atoms. The van der Waals surface area contributed by atoms with E-state index < -0.39 is 0 Å². The van der Waals surface area contributed by atoms with Crippen LogP contribution in [0.4, 0.5) is 0 Å². The zero-order chi connectivity index (χ0) is 9.68. The number of aromatic nitrogens is 2. The zero-order valence-electron chi connectivity index (χ0n) is 7.03. The third-order valence-corrected chi connectivity index (χ3v) is 1.75. The van der Waals surface area contributed by atoms with E-state index in [9.17, 15) is 0 Å². The normalized spacial score (nSPS) is 9.77. The molecular formula is C7H9BrN2O3. The van der Waals surface area contributed by atoms with Gasteiger partial charge in [-0.2, -0.15) is 4.98 Å². The van der Waals surface area contributed by atoms with Crippen LogP contribution in [-0.4, -0.2) is 35.4 Å². The second-order valence-electron chi connectivity index (χ2n) is 2.08. The molecule has 0 aliphatic carbocycles. The van der Waals surface area contributed by atoms with Crippen molar-refractivity contribution in [2.75, 3.05) is 20.3 Å². The van der Waals surface area contributed by atoms with Crippen molar-refractivity contribution in [2.45, 2.75) is 0 Å². The van der Waals surface area contributed by atoms with Crippen LogP contribution >= 0.6 is 15.9 Å². The molecule has 0 aliphatic rings. The Hall–Kier alpha value is -0.880. The molecule has 1 aromatic heterocycles. The Kier molecular flexibility index (Phi) is 3.91. The maximum absolute atomic E-state index is 8.49. The van der Waals surface area contributed by atoms with Crippen molar-refractivity contribution < 1.29 is 14.6 Å². The van der Waals surface area contributed by atoms with Crippen LogP contribution < -0.4 is 9.47 Å². The van der Waals surface area contributed by atoms with E-state index >= 15 is 0 Å². The van der Waals surface area contributed by atoms with E-state index in [1.54, 1.807) is 0 Å². The van der Waals surface area contributed by atoms with Gasteiger partial charge in [-0.1, -0.05) is 0 Å². The molecule has 1 aromatic rings. The molecule has 0 aliphatic heterocycles. The van der Waals surface area contributed by atoms with E-state index in [1.165, 1.54) is 13.3 Å². The highest BCUT2D eigenvalue weighted by molar-refractivity contribution is 9.10. The molecule has 6 heteroatoms. The number of aliphatic hydroxyl groups excluding tert-OH is 1. The van der Waals surface area contributed by atoms with Gasteiger partial charge in [-0.15, -0.1) is 0 Å². The predicted molar refractivity (Wildman–Crippen MR) is 48.9 cm³/mol. The maximum atomic E-state index is 8.49. The molecule has 72 valence electrons. The summed E-state index contributed by atoms with van der Waals surface area (Å²) in [7, 11) is 1.50. The average molecular weight is 249 g/mol. The van der Waals surface area contributed by atoms with Gasteiger partial charge in [0, 0.05) is 0 Å². The van der Waals surface area contributed by atoms with Gasteiger partial charge in [0.25, 0.3) is 0 Å². The molecule has 5 nitrogen and oxygen atoms in total. The van der Waals surface area contributed by atoms with Gasteiger partial charge in [0.05, 0.1) is 24.4 Å². The number of rotatable bonds is 4. The minimum absolute atomic E-state index is 0.0677. The second-order valence-corrected chi connectivity index (χ2v) is 2.94. The number of methoxy groups -OCH3 is 1. The van der Waals surface area contributed by atoms with Crippen LogP contribution in [0.1, 0.15) is 0 Å². The summed E-state index contributed by atoms with van der Waals surface area (Å²) in [5.41, 5.74) is 0. The Bertz CT molecular complexity index is 282. The van der Waals surface area contributed by atoms with Crippen LogP contribution in [0.25, 0.3) is 0 Å². The van der Waals surface area contributed by atoms with E-state index in [0.717, 1.165) is 0 Å². The Balaban J connectivity index is 2.74. The SMILES string of the molecule is COc1nc(OCCO)ncc1Br. The number of ether oxygens (including phenoxy) is 2. The molecule has 0 amide bonds. The number of aliphatic hydroxyl groups is 1. The van der Waals surface area contributed by atoms with E-state index in [2.05, 4.69) is 25.9 Å². The predicted octanol–water partition coefficient (Wildman–Crippen LogP) is 0.619. The lowest BCUT2D eigenvalue weighted by molar-refractivity contribution is 0.190. The fourth-order valence-corrected chi connectivity index (χ4v) is 1.04. The molecule has 1 N–H and O–H groups in total. The summed E-state index contributed by atoms with van der Waals surface area (Å²) in [5, 5.41) is 8.49. The molecule has 0 saturated heterocycles. The van der Waals surface area contributed by atoms with Crippen molar-refractivity contribution in [1.29, 1.82) is 0 Å². The first-order chi connectivity index (χ1) is 6.27. The molecule has 0 unspecified atom stereocenters. The third-order valence-electron chi connectivity index (χ3n) is 1.21. The molecule has 0 spiro atoms. The summed E-state index contributed by atoms with van der Waals surface area (Å²) in [5.74, 6) is 0.405. The largest absolute Gasteiger partial charge is 0.480 e. The van der Waals surface area contributed by atoms with E-state index in [-0.39, 0.29) is 19.2 Å². The first-order valence-electron chi connectivity index (χ1n) is 3.58. The standard InChI is InChI=1S/C7H9BrN2O3/c1-12-6-5(8)4-9-7(10-6)13-3-2-11/h4,11H,2-3H2,1H3. The summed E-state index contributed by atoms with van der Waals surface area (Å²) >= 11 is 3.20. The fourth-order valence-electron chi connectivity index (χ4n) is 0.686. The number of hydrogen-bond donors (Lipinski definition) is 1. The molecule has 0 atom stereocenters. The van der Waals surface area contributed by atoms with Crippen molar-refractivity contribution in [1.82, 2.24) is 9.97 Å². The molecule has 0 saturated carbocycles. The van der Waals surface area contributed by atoms with Crippen LogP contribution in [0.15, 0.2) is 10.7 Å². The zero-order valence-corrected chi connectivity index (χ0v) is 8.61. The molecular weight excluding hydrogens is 240 g/mol. The van der Waals surface area contributed by atoms with Gasteiger partial charge < -0.3 is 14.6 Å². The highest BCUT2D eigenvalue weighted by Crippen LogP contribution is 2.22. The van der Waals surface area contributed by atoms with Gasteiger partial charge >= 0.3 is 6.01 Å². The van der Waals surface area contributed by atoms with Crippen molar-refractivity contribution in [3.8, 4) is 11.9 Å². The van der Waals surface area contributed by atoms with Crippen molar-refractivity contribution >= 4 is 15.9 Å². The molecule has 1 rings (SSSR count). The van der Waals surface area contributed by atoms with Crippen molar-refractivity contribution in [3.05, 3.63) is 10.7 Å².